The number of nitrogens with zero attached hydrogens (tertiary/aromatic N) is 5. The summed E-state index contributed by atoms with van der Waals surface area (Å²) in [5.74, 6) is -0.114. The molecule has 0 saturated carbocycles. The lowest BCUT2D eigenvalue weighted by molar-refractivity contribution is -0.117. The van der Waals surface area contributed by atoms with Gasteiger partial charge in [-0.1, -0.05) is 30.3 Å². The van der Waals surface area contributed by atoms with Crippen LogP contribution in [0.25, 0.3) is 16.9 Å². The Bertz CT molecular complexity index is 1390. The number of rotatable bonds is 6. The highest BCUT2D eigenvalue weighted by Gasteiger charge is 2.27. The summed E-state index contributed by atoms with van der Waals surface area (Å²) in [4.78, 5) is 34.4. The number of carbonyl (C=O) groups is 2. The van der Waals surface area contributed by atoms with Crippen LogP contribution in [0.1, 0.15) is 21.5 Å². The Morgan fingerprint density at radius 2 is 1.70 bits per heavy atom. The summed E-state index contributed by atoms with van der Waals surface area (Å²) in [6.07, 6.45) is 5.22. The second kappa shape index (κ2) is 10.8. The summed E-state index contributed by atoms with van der Waals surface area (Å²) in [5, 5.41) is 7.76. The highest BCUT2D eigenvalue weighted by molar-refractivity contribution is 6.00. The molecular weight excluding hydrogens is 464 g/mol. The van der Waals surface area contributed by atoms with Gasteiger partial charge in [-0.3, -0.25) is 19.5 Å². The number of aromatic nitrogens is 3. The van der Waals surface area contributed by atoms with E-state index in [9.17, 15) is 9.59 Å². The number of anilines is 1. The van der Waals surface area contributed by atoms with E-state index in [1.165, 1.54) is 0 Å². The molecule has 37 heavy (non-hydrogen) atoms. The van der Waals surface area contributed by atoms with Crippen LogP contribution >= 0.6 is 0 Å². The molecule has 8 nitrogen and oxygen atoms in total. The van der Waals surface area contributed by atoms with Crippen molar-refractivity contribution < 1.29 is 9.59 Å². The number of pyridine rings is 1. The number of piperazine rings is 1. The SMILES string of the molecule is Cc1cccc(NC(=O)CN2CCN(C(=O)c3cn(-c4ccccc4)nc3-c3cccnc3)CC2)c1C. The molecule has 5 rings (SSSR count). The van der Waals surface area contributed by atoms with Crippen LogP contribution in [-0.4, -0.2) is 69.1 Å². The quantitative estimate of drug-likeness (QED) is 0.439. The standard InChI is InChI=1S/C29H30N6O2/c1-21-8-6-12-26(22(21)2)31-27(36)20-33-14-16-34(17-15-33)29(37)25-19-35(24-10-4-3-5-11-24)32-28(25)23-9-7-13-30-18-23/h3-13,18-19H,14-17,20H2,1-2H3,(H,31,36). The van der Waals surface area contributed by atoms with E-state index in [4.69, 9.17) is 5.10 Å². The predicted octanol–water partition coefficient (Wildman–Crippen LogP) is 3.95. The van der Waals surface area contributed by atoms with Crippen molar-refractivity contribution in [1.29, 1.82) is 0 Å². The summed E-state index contributed by atoms with van der Waals surface area (Å²) in [6.45, 7) is 6.67. The van der Waals surface area contributed by atoms with Crippen molar-refractivity contribution in [2.75, 3.05) is 38.0 Å². The van der Waals surface area contributed by atoms with Gasteiger partial charge < -0.3 is 10.2 Å². The predicted molar refractivity (Wildman–Crippen MR) is 144 cm³/mol. The molecular formula is C29H30N6O2. The van der Waals surface area contributed by atoms with Crippen molar-refractivity contribution in [1.82, 2.24) is 24.6 Å². The van der Waals surface area contributed by atoms with E-state index in [2.05, 4.69) is 15.2 Å². The molecule has 0 spiro atoms. The summed E-state index contributed by atoms with van der Waals surface area (Å²) in [5.41, 5.74) is 5.89. The average Bonchev–Trinajstić information content (AvgIpc) is 3.38. The monoisotopic (exact) mass is 494 g/mol. The first kappa shape index (κ1) is 24.4. The zero-order chi connectivity index (χ0) is 25.8. The van der Waals surface area contributed by atoms with Gasteiger partial charge in [-0.2, -0.15) is 5.10 Å². The molecule has 1 aliphatic heterocycles. The molecule has 0 atom stereocenters. The van der Waals surface area contributed by atoms with E-state index < -0.39 is 0 Å². The summed E-state index contributed by atoms with van der Waals surface area (Å²) >= 11 is 0. The number of carbonyl (C=O) groups excluding carboxylic acids is 2. The number of para-hydroxylation sites is 1. The molecule has 0 unspecified atom stereocenters. The Balaban J connectivity index is 1.27. The number of aryl methyl sites for hydroxylation is 1. The molecule has 2 aromatic carbocycles. The van der Waals surface area contributed by atoms with Gasteiger partial charge in [0.2, 0.25) is 5.91 Å². The first-order chi connectivity index (χ1) is 18.0. The third kappa shape index (κ3) is 5.44. The second-order valence-electron chi connectivity index (χ2n) is 9.28. The molecule has 1 N–H and O–H groups in total. The van der Waals surface area contributed by atoms with Crippen LogP contribution in [0.15, 0.2) is 79.3 Å². The van der Waals surface area contributed by atoms with Gasteiger partial charge in [0.05, 0.1) is 17.8 Å². The van der Waals surface area contributed by atoms with Crippen LogP contribution in [0.5, 0.6) is 0 Å². The Morgan fingerprint density at radius 3 is 2.43 bits per heavy atom. The Hall–Kier alpha value is -4.30. The molecule has 1 aliphatic rings. The fourth-order valence-electron chi connectivity index (χ4n) is 4.52. The number of hydrogen-bond acceptors (Lipinski definition) is 5. The smallest absolute Gasteiger partial charge is 0.257 e. The molecule has 8 heteroatoms. The maximum absolute atomic E-state index is 13.6. The third-order valence-electron chi connectivity index (χ3n) is 6.81. The van der Waals surface area contributed by atoms with Crippen molar-refractivity contribution in [2.24, 2.45) is 0 Å². The highest BCUT2D eigenvalue weighted by Crippen LogP contribution is 2.25. The first-order valence-electron chi connectivity index (χ1n) is 12.4. The third-order valence-corrected chi connectivity index (χ3v) is 6.81. The van der Waals surface area contributed by atoms with Crippen LogP contribution in [0.3, 0.4) is 0 Å². The van der Waals surface area contributed by atoms with Crippen molar-refractivity contribution >= 4 is 17.5 Å². The van der Waals surface area contributed by atoms with E-state index in [-0.39, 0.29) is 11.8 Å². The number of nitrogens with one attached hydrogen (secondary N) is 1. The van der Waals surface area contributed by atoms with Gasteiger partial charge in [0.15, 0.2) is 0 Å². The van der Waals surface area contributed by atoms with E-state index in [0.717, 1.165) is 28.1 Å². The van der Waals surface area contributed by atoms with Gasteiger partial charge in [0, 0.05) is 56.0 Å². The molecule has 0 aliphatic carbocycles. The summed E-state index contributed by atoms with van der Waals surface area (Å²) in [6, 6.07) is 19.4. The minimum Gasteiger partial charge on any atom is -0.336 e. The zero-order valence-corrected chi connectivity index (χ0v) is 21.1. The molecule has 3 heterocycles. The van der Waals surface area contributed by atoms with Gasteiger partial charge >= 0.3 is 0 Å². The fourth-order valence-corrected chi connectivity index (χ4v) is 4.52. The van der Waals surface area contributed by atoms with Crippen molar-refractivity contribution in [3.8, 4) is 16.9 Å². The van der Waals surface area contributed by atoms with Crippen LogP contribution in [0.2, 0.25) is 0 Å². The minimum atomic E-state index is -0.0690. The van der Waals surface area contributed by atoms with Crippen molar-refractivity contribution in [3.63, 3.8) is 0 Å². The molecule has 1 fully saturated rings. The Kier molecular flexibility index (Phi) is 7.09. The van der Waals surface area contributed by atoms with E-state index >= 15 is 0 Å². The Labute approximate surface area is 216 Å². The van der Waals surface area contributed by atoms with Gasteiger partial charge in [0.1, 0.15) is 5.69 Å². The second-order valence-corrected chi connectivity index (χ2v) is 9.28. The van der Waals surface area contributed by atoms with E-state index in [1.54, 1.807) is 23.3 Å². The van der Waals surface area contributed by atoms with Crippen LogP contribution in [0.4, 0.5) is 5.69 Å². The molecule has 4 aromatic rings. The number of hydrogen-bond donors (Lipinski definition) is 1. The van der Waals surface area contributed by atoms with E-state index in [0.29, 0.717) is 44.0 Å². The molecule has 2 aromatic heterocycles. The molecule has 0 bridgehead atoms. The van der Waals surface area contributed by atoms with E-state index in [1.807, 2.05) is 79.4 Å². The average molecular weight is 495 g/mol. The van der Waals surface area contributed by atoms with Crippen LogP contribution < -0.4 is 5.32 Å². The van der Waals surface area contributed by atoms with Gasteiger partial charge in [-0.05, 0) is 55.3 Å². The van der Waals surface area contributed by atoms with Gasteiger partial charge in [0.25, 0.3) is 5.91 Å². The zero-order valence-electron chi connectivity index (χ0n) is 21.1. The molecule has 2 amide bonds. The van der Waals surface area contributed by atoms with Crippen molar-refractivity contribution in [3.05, 3.63) is 95.9 Å². The molecule has 1 saturated heterocycles. The summed E-state index contributed by atoms with van der Waals surface area (Å²) < 4.78 is 1.74. The largest absolute Gasteiger partial charge is 0.336 e. The number of amides is 2. The van der Waals surface area contributed by atoms with Crippen LogP contribution in [-0.2, 0) is 4.79 Å². The molecule has 188 valence electrons. The minimum absolute atomic E-state index is 0.0449. The maximum Gasteiger partial charge on any atom is 0.257 e. The molecule has 0 radical (unpaired) electrons. The topological polar surface area (TPSA) is 83.4 Å². The maximum atomic E-state index is 13.6. The first-order valence-corrected chi connectivity index (χ1v) is 12.4. The number of benzene rings is 2. The highest BCUT2D eigenvalue weighted by atomic mass is 16.2. The summed E-state index contributed by atoms with van der Waals surface area (Å²) in [7, 11) is 0. The van der Waals surface area contributed by atoms with Gasteiger partial charge in [-0.25, -0.2) is 4.68 Å². The lowest BCUT2D eigenvalue weighted by Crippen LogP contribution is -2.50. The van der Waals surface area contributed by atoms with Gasteiger partial charge in [-0.15, -0.1) is 0 Å². The lowest BCUT2D eigenvalue weighted by atomic mass is 10.1. The fraction of sp³-hybridized carbons (Fsp3) is 0.241. The normalized spacial score (nSPS) is 13.9. The van der Waals surface area contributed by atoms with Crippen LogP contribution in [0, 0.1) is 13.8 Å². The Morgan fingerprint density at radius 1 is 0.919 bits per heavy atom. The lowest BCUT2D eigenvalue weighted by Gasteiger charge is -2.34. The van der Waals surface area contributed by atoms with Crippen molar-refractivity contribution in [2.45, 2.75) is 13.8 Å².